The van der Waals surface area contributed by atoms with Gasteiger partial charge in [-0.25, -0.2) is 0 Å². The highest BCUT2D eigenvalue weighted by molar-refractivity contribution is 7.17. The quantitative estimate of drug-likeness (QED) is 0.149. The summed E-state index contributed by atoms with van der Waals surface area (Å²) in [4.78, 5) is 0. The number of fused-ring (bicyclic) bond motifs is 4. The number of nitrogens with zero attached hydrogens (tertiary/aromatic N) is 2. The van der Waals surface area contributed by atoms with E-state index in [2.05, 4.69) is 16.3 Å². The van der Waals surface area contributed by atoms with E-state index in [0.29, 0.717) is 5.56 Å². The third-order valence-corrected chi connectivity index (χ3v) is 7.83. The molecule has 6 aromatic rings. The number of alkyl halides is 6. The van der Waals surface area contributed by atoms with Gasteiger partial charge in [0.15, 0.2) is 5.69 Å². The average Bonchev–Trinajstić information content (AvgIpc) is 3.30. The zero-order chi connectivity index (χ0) is 27.9. The van der Waals surface area contributed by atoms with Crippen LogP contribution in [0.3, 0.4) is 0 Å². The Morgan fingerprint density at radius 1 is 0.667 bits per heavy atom. The molecule has 0 amide bonds. The van der Waals surface area contributed by atoms with Gasteiger partial charge in [-0.05, 0) is 79.7 Å². The second-order valence-electron chi connectivity index (χ2n) is 10.6. The zero-order valence-corrected chi connectivity index (χ0v) is 21.7. The highest BCUT2D eigenvalue weighted by Crippen LogP contribution is 2.47. The first-order chi connectivity index (χ1) is 18.2. The Kier molecular flexibility index (Phi) is 5.50. The number of aromatic nitrogens is 2. The van der Waals surface area contributed by atoms with E-state index in [4.69, 9.17) is 0 Å². The minimum Gasteiger partial charge on any atom is -0.166 e. The van der Waals surface area contributed by atoms with Crippen LogP contribution in [0.5, 0.6) is 0 Å². The highest BCUT2D eigenvalue weighted by Gasteiger charge is 2.43. The minimum absolute atomic E-state index is 0.0343. The summed E-state index contributed by atoms with van der Waals surface area (Å²) in [6.07, 6.45) is -10.2. The molecule has 0 unspecified atom stereocenters. The smallest absolute Gasteiger partial charge is 0.166 e. The molecule has 9 heteroatoms. The number of rotatable bonds is 1. The summed E-state index contributed by atoms with van der Waals surface area (Å²) in [6.45, 7) is 6.03. The van der Waals surface area contributed by atoms with Crippen molar-refractivity contribution < 1.29 is 26.3 Å². The molecule has 0 saturated carbocycles. The standard InChI is InChI=1S/C30H20F6N2S/c1-28(2,3)22-13-18(10-17-14-23-16(8-9-39-23)12-20(17)22)26-21-11-15-6-4-5-7-19(15)25(29(31,32)33)24(21)27(38-37-26)30(34,35)36/h4-14H,1-3H3. The molecule has 198 valence electrons. The van der Waals surface area contributed by atoms with Crippen molar-refractivity contribution >= 4 is 53.7 Å². The predicted octanol–water partition coefficient (Wildman–Crippen LogP) is 10.2. The van der Waals surface area contributed by atoms with Crippen LogP contribution in [0, 0.1) is 0 Å². The number of thiophene rings is 1. The lowest BCUT2D eigenvalue weighted by Crippen LogP contribution is -2.16. The monoisotopic (exact) mass is 554 g/mol. The van der Waals surface area contributed by atoms with E-state index in [0.717, 1.165) is 26.4 Å². The van der Waals surface area contributed by atoms with E-state index in [-0.39, 0.29) is 27.3 Å². The Hall–Kier alpha value is -3.72. The molecule has 2 aromatic heterocycles. The molecule has 0 radical (unpaired) electrons. The van der Waals surface area contributed by atoms with Gasteiger partial charge in [0.25, 0.3) is 0 Å². The van der Waals surface area contributed by atoms with Crippen LogP contribution in [0.4, 0.5) is 26.3 Å². The van der Waals surface area contributed by atoms with Crippen molar-refractivity contribution in [3.05, 3.63) is 82.9 Å². The summed E-state index contributed by atoms with van der Waals surface area (Å²) in [7, 11) is 0. The van der Waals surface area contributed by atoms with Crippen molar-refractivity contribution in [2.24, 2.45) is 0 Å². The zero-order valence-electron chi connectivity index (χ0n) is 20.9. The fourth-order valence-corrected chi connectivity index (χ4v) is 6.09. The Morgan fingerprint density at radius 3 is 2.08 bits per heavy atom. The summed E-state index contributed by atoms with van der Waals surface area (Å²) in [6, 6.07) is 16.5. The lowest BCUT2D eigenvalue weighted by atomic mass is 9.81. The van der Waals surface area contributed by atoms with E-state index >= 15 is 0 Å². The van der Waals surface area contributed by atoms with Crippen molar-refractivity contribution in [3.63, 3.8) is 0 Å². The number of halogens is 6. The summed E-state index contributed by atoms with van der Waals surface area (Å²) in [5.74, 6) is 0. The molecule has 0 saturated heterocycles. The lowest BCUT2D eigenvalue weighted by Gasteiger charge is -2.23. The molecule has 0 aliphatic rings. The van der Waals surface area contributed by atoms with Gasteiger partial charge in [0.2, 0.25) is 0 Å². The van der Waals surface area contributed by atoms with Crippen LogP contribution < -0.4 is 0 Å². The Labute approximate surface area is 222 Å². The van der Waals surface area contributed by atoms with E-state index in [1.54, 1.807) is 29.5 Å². The van der Waals surface area contributed by atoms with E-state index in [9.17, 15) is 26.3 Å². The maximum atomic E-state index is 14.5. The van der Waals surface area contributed by atoms with E-state index in [1.807, 2.05) is 38.3 Å². The van der Waals surface area contributed by atoms with E-state index < -0.39 is 29.0 Å². The molecule has 0 spiro atoms. The fraction of sp³-hybridized carbons (Fsp3) is 0.200. The molecule has 0 aliphatic heterocycles. The lowest BCUT2D eigenvalue weighted by molar-refractivity contribution is -0.142. The van der Waals surface area contributed by atoms with Crippen molar-refractivity contribution in [3.8, 4) is 11.3 Å². The Morgan fingerprint density at radius 2 is 1.38 bits per heavy atom. The summed E-state index contributed by atoms with van der Waals surface area (Å²) < 4.78 is 86.8. The van der Waals surface area contributed by atoms with Gasteiger partial charge in [0.05, 0.1) is 5.56 Å². The van der Waals surface area contributed by atoms with Gasteiger partial charge in [0.1, 0.15) is 5.69 Å². The van der Waals surface area contributed by atoms with Gasteiger partial charge in [-0.15, -0.1) is 21.5 Å². The molecule has 2 heterocycles. The SMILES string of the molecule is CC(C)(C)c1cc(-c2nnc(C(F)(F)F)c3c(C(F)(F)F)c4ccccc4cc23)cc2cc3sccc3cc12. The predicted molar refractivity (Wildman–Crippen MR) is 144 cm³/mol. The third kappa shape index (κ3) is 4.19. The molecule has 0 fully saturated rings. The van der Waals surface area contributed by atoms with Crippen molar-refractivity contribution in [1.82, 2.24) is 10.2 Å². The summed E-state index contributed by atoms with van der Waals surface area (Å²) >= 11 is 1.55. The maximum absolute atomic E-state index is 14.5. The molecular formula is C30H20F6N2S. The van der Waals surface area contributed by atoms with Crippen LogP contribution in [0.25, 0.3) is 53.7 Å². The molecule has 0 bridgehead atoms. The topological polar surface area (TPSA) is 25.8 Å². The highest BCUT2D eigenvalue weighted by atomic mass is 32.1. The molecular weight excluding hydrogens is 534 g/mol. The van der Waals surface area contributed by atoms with Crippen molar-refractivity contribution in [1.29, 1.82) is 0 Å². The number of hydrogen-bond acceptors (Lipinski definition) is 3. The van der Waals surface area contributed by atoms with Gasteiger partial charge in [-0.3, -0.25) is 0 Å². The van der Waals surface area contributed by atoms with E-state index in [1.165, 1.54) is 24.3 Å². The molecule has 0 atom stereocenters. The number of benzene rings is 4. The molecule has 2 nitrogen and oxygen atoms in total. The first kappa shape index (κ1) is 25.6. The van der Waals surface area contributed by atoms with Gasteiger partial charge in [0, 0.05) is 21.0 Å². The molecule has 0 aliphatic carbocycles. The van der Waals surface area contributed by atoms with Gasteiger partial charge >= 0.3 is 12.4 Å². The largest absolute Gasteiger partial charge is 0.435 e. The molecule has 6 rings (SSSR count). The average molecular weight is 555 g/mol. The Balaban J connectivity index is 1.79. The minimum atomic E-state index is -5.14. The second-order valence-corrected chi connectivity index (χ2v) is 11.5. The van der Waals surface area contributed by atoms with Crippen LogP contribution in [0.2, 0.25) is 0 Å². The van der Waals surface area contributed by atoms with Crippen LogP contribution in [0.15, 0.2) is 66.0 Å². The maximum Gasteiger partial charge on any atom is 0.435 e. The first-order valence-electron chi connectivity index (χ1n) is 12.1. The van der Waals surface area contributed by atoms with Gasteiger partial charge < -0.3 is 0 Å². The summed E-state index contributed by atoms with van der Waals surface area (Å²) in [5.41, 5.74) is -2.13. The fourth-order valence-electron chi connectivity index (χ4n) is 5.27. The van der Waals surface area contributed by atoms with Crippen molar-refractivity contribution in [2.45, 2.75) is 38.5 Å². The normalized spacial score (nSPS) is 13.3. The molecule has 0 N–H and O–H groups in total. The third-order valence-electron chi connectivity index (χ3n) is 6.95. The van der Waals surface area contributed by atoms with Gasteiger partial charge in [-0.1, -0.05) is 45.0 Å². The van der Waals surface area contributed by atoms with Crippen LogP contribution in [0.1, 0.15) is 37.6 Å². The van der Waals surface area contributed by atoms with Crippen LogP contribution >= 0.6 is 11.3 Å². The number of hydrogen-bond donors (Lipinski definition) is 0. The Bertz CT molecular complexity index is 1930. The molecule has 39 heavy (non-hydrogen) atoms. The van der Waals surface area contributed by atoms with Crippen LogP contribution in [-0.2, 0) is 17.8 Å². The second kappa shape index (κ2) is 8.39. The van der Waals surface area contributed by atoms with Gasteiger partial charge in [-0.2, -0.15) is 26.3 Å². The first-order valence-corrected chi connectivity index (χ1v) is 12.9. The summed E-state index contributed by atoms with van der Waals surface area (Å²) in [5, 5.41) is 10.7. The van der Waals surface area contributed by atoms with Crippen LogP contribution in [-0.4, -0.2) is 10.2 Å². The van der Waals surface area contributed by atoms with Crippen molar-refractivity contribution in [2.75, 3.05) is 0 Å². The molecule has 4 aromatic carbocycles.